The summed E-state index contributed by atoms with van der Waals surface area (Å²) in [6, 6.07) is 11.1. The molecule has 0 bridgehead atoms. The van der Waals surface area contributed by atoms with Crippen molar-refractivity contribution < 1.29 is 13.5 Å². The summed E-state index contributed by atoms with van der Waals surface area (Å²) in [5.41, 5.74) is 1.50. The molecule has 0 atom stereocenters. The van der Waals surface area contributed by atoms with Crippen molar-refractivity contribution in [2.45, 2.75) is 20.0 Å². The van der Waals surface area contributed by atoms with Crippen LogP contribution in [-0.4, -0.2) is 0 Å². The molecule has 0 aromatic heterocycles. The van der Waals surface area contributed by atoms with Crippen molar-refractivity contribution in [3.63, 3.8) is 0 Å². The molecule has 1 nitrogen and oxygen atoms in total. The highest BCUT2D eigenvalue weighted by molar-refractivity contribution is 5.29. The van der Waals surface area contributed by atoms with Crippen LogP contribution < -0.4 is 4.74 Å². The van der Waals surface area contributed by atoms with Gasteiger partial charge in [0.1, 0.15) is 24.0 Å². The molecule has 0 aliphatic carbocycles. The largest absolute Gasteiger partial charge is 0.489 e. The third kappa shape index (κ3) is 3.06. The molecule has 0 aliphatic rings. The topological polar surface area (TPSA) is 9.23 Å². The normalized spacial score (nSPS) is 10.4. The van der Waals surface area contributed by atoms with Gasteiger partial charge in [-0.3, -0.25) is 0 Å². The second-order valence-electron chi connectivity index (χ2n) is 4.03. The third-order valence-corrected chi connectivity index (χ3v) is 2.72. The summed E-state index contributed by atoms with van der Waals surface area (Å²) in [5, 5.41) is 0. The SMILES string of the molecule is CCc1cccc(OCc2ccc(F)cc2F)c1. The van der Waals surface area contributed by atoms with Gasteiger partial charge in [0.25, 0.3) is 0 Å². The fourth-order valence-electron chi connectivity index (χ4n) is 1.66. The zero-order valence-corrected chi connectivity index (χ0v) is 10.1. The van der Waals surface area contributed by atoms with Gasteiger partial charge in [0.15, 0.2) is 0 Å². The minimum absolute atomic E-state index is 0.0965. The van der Waals surface area contributed by atoms with E-state index in [4.69, 9.17) is 4.74 Å². The van der Waals surface area contributed by atoms with Gasteiger partial charge in [-0.15, -0.1) is 0 Å². The van der Waals surface area contributed by atoms with E-state index >= 15 is 0 Å². The first-order valence-corrected chi connectivity index (χ1v) is 5.84. The zero-order chi connectivity index (χ0) is 13.0. The second kappa shape index (κ2) is 5.63. The van der Waals surface area contributed by atoms with Crippen LogP contribution in [0.1, 0.15) is 18.1 Å². The lowest BCUT2D eigenvalue weighted by atomic mass is 10.1. The molecule has 0 amide bonds. The van der Waals surface area contributed by atoms with Gasteiger partial charge in [-0.2, -0.15) is 0 Å². The first kappa shape index (κ1) is 12.6. The maximum absolute atomic E-state index is 13.4. The molecule has 0 saturated heterocycles. The van der Waals surface area contributed by atoms with E-state index in [2.05, 4.69) is 6.92 Å². The fraction of sp³-hybridized carbons (Fsp3) is 0.200. The summed E-state index contributed by atoms with van der Waals surface area (Å²) in [4.78, 5) is 0. The molecule has 3 heteroatoms. The Morgan fingerprint density at radius 3 is 2.61 bits per heavy atom. The van der Waals surface area contributed by atoms with E-state index in [1.807, 2.05) is 24.3 Å². The van der Waals surface area contributed by atoms with Gasteiger partial charge in [-0.1, -0.05) is 19.1 Å². The standard InChI is InChI=1S/C15H14F2O/c1-2-11-4-3-5-14(8-11)18-10-12-6-7-13(16)9-15(12)17/h3-9H,2,10H2,1H3. The minimum atomic E-state index is -0.582. The lowest BCUT2D eigenvalue weighted by molar-refractivity contribution is 0.299. The molecule has 18 heavy (non-hydrogen) atoms. The monoisotopic (exact) mass is 248 g/mol. The Hall–Kier alpha value is -1.90. The van der Waals surface area contributed by atoms with Crippen molar-refractivity contribution in [2.75, 3.05) is 0 Å². The van der Waals surface area contributed by atoms with E-state index in [9.17, 15) is 8.78 Å². The molecule has 0 fully saturated rings. The van der Waals surface area contributed by atoms with E-state index in [-0.39, 0.29) is 6.61 Å². The molecule has 0 saturated carbocycles. The number of ether oxygens (including phenoxy) is 1. The minimum Gasteiger partial charge on any atom is -0.489 e. The highest BCUT2D eigenvalue weighted by Gasteiger charge is 2.04. The zero-order valence-electron chi connectivity index (χ0n) is 10.1. The molecule has 2 aromatic rings. The molecular weight excluding hydrogens is 234 g/mol. The van der Waals surface area contributed by atoms with Crippen LogP contribution in [-0.2, 0) is 13.0 Å². The fourth-order valence-corrected chi connectivity index (χ4v) is 1.66. The highest BCUT2D eigenvalue weighted by atomic mass is 19.1. The third-order valence-electron chi connectivity index (χ3n) is 2.72. The number of rotatable bonds is 4. The Morgan fingerprint density at radius 1 is 1.06 bits per heavy atom. The predicted octanol–water partition coefficient (Wildman–Crippen LogP) is 4.11. The van der Waals surface area contributed by atoms with Gasteiger partial charge >= 0.3 is 0 Å². The molecule has 2 rings (SSSR count). The Balaban J connectivity index is 2.06. The molecular formula is C15H14F2O. The summed E-state index contributed by atoms with van der Waals surface area (Å²) in [5.74, 6) is -0.469. The maximum atomic E-state index is 13.4. The van der Waals surface area contributed by atoms with Gasteiger partial charge < -0.3 is 4.74 Å². The molecule has 2 aromatic carbocycles. The summed E-state index contributed by atoms with van der Waals surface area (Å²) < 4.78 is 31.6. The smallest absolute Gasteiger partial charge is 0.132 e. The first-order valence-electron chi connectivity index (χ1n) is 5.84. The Kier molecular flexibility index (Phi) is 3.92. The summed E-state index contributed by atoms with van der Waals surface area (Å²) >= 11 is 0. The van der Waals surface area contributed by atoms with Crippen LogP contribution in [0, 0.1) is 11.6 Å². The van der Waals surface area contributed by atoms with E-state index < -0.39 is 11.6 Å². The van der Waals surface area contributed by atoms with Crippen molar-refractivity contribution in [2.24, 2.45) is 0 Å². The summed E-state index contributed by atoms with van der Waals surface area (Å²) in [7, 11) is 0. The number of benzene rings is 2. The number of aryl methyl sites for hydroxylation is 1. The van der Waals surface area contributed by atoms with Crippen LogP contribution in [0.5, 0.6) is 5.75 Å². The predicted molar refractivity (Wildman–Crippen MR) is 66.5 cm³/mol. The number of halogens is 2. The van der Waals surface area contributed by atoms with E-state index in [0.717, 1.165) is 18.1 Å². The summed E-state index contributed by atoms with van der Waals surface area (Å²) in [6.07, 6.45) is 0.919. The first-order chi connectivity index (χ1) is 8.69. The highest BCUT2D eigenvalue weighted by Crippen LogP contribution is 2.17. The van der Waals surface area contributed by atoms with Crippen LogP contribution in [0.3, 0.4) is 0 Å². The van der Waals surface area contributed by atoms with Crippen molar-refractivity contribution in [1.29, 1.82) is 0 Å². The molecule has 0 aliphatic heterocycles. The van der Waals surface area contributed by atoms with Crippen LogP contribution in [0.2, 0.25) is 0 Å². The van der Waals surface area contributed by atoms with E-state index in [0.29, 0.717) is 11.3 Å². The maximum Gasteiger partial charge on any atom is 0.132 e. The van der Waals surface area contributed by atoms with Gasteiger partial charge in [0, 0.05) is 11.6 Å². The molecule has 0 heterocycles. The number of hydrogen-bond acceptors (Lipinski definition) is 1. The second-order valence-corrected chi connectivity index (χ2v) is 4.03. The van der Waals surface area contributed by atoms with Gasteiger partial charge in [0.2, 0.25) is 0 Å². The van der Waals surface area contributed by atoms with Crippen LogP contribution >= 0.6 is 0 Å². The van der Waals surface area contributed by atoms with Crippen molar-refractivity contribution in [3.8, 4) is 5.75 Å². The van der Waals surface area contributed by atoms with Crippen molar-refractivity contribution >= 4 is 0 Å². The average Bonchev–Trinajstić information content (AvgIpc) is 2.38. The van der Waals surface area contributed by atoms with Crippen LogP contribution in [0.25, 0.3) is 0 Å². The van der Waals surface area contributed by atoms with E-state index in [1.165, 1.54) is 12.1 Å². The van der Waals surface area contributed by atoms with Gasteiger partial charge in [-0.05, 0) is 36.2 Å². The lowest BCUT2D eigenvalue weighted by Gasteiger charge is -2.08. The molecule has 0 unspecified atom stereocenters. The summed E-state index contributed by atoms with van der Waals surface area (Å²) in [6.45, 7) is 2.15. The molecule has 94 valence electrons. The van der Waals surface area contributed by atoms with Crippen LogP contribution in [0.15, 0.2) is 42.5 Å². The van der Waals surface area contributed by atoms with Crippen molar-refractivity contribution in [1.82, 2.24) is 0 Å². The molecule has 0 radical (unpaired) electrons. The molecule has 0 N–H and O–H groups in total. The lowest BCUT2D eigenvalue weighted by Crippen LogP contribution is -1.99. The van der Waals surface area contributed by atoms with E-state index in [1.54, 1.807) is 0 Å². The Morgan fingerprint density at radius 2 is 1.89 bits per heavy atom. The Labute approximate surface area is 105 Å². The Bertz CT molecular complexity index is 538. The number of hydrogen-bond donors (Lipinski definition) is 0. The van der Waals surface area contributed by atoms with Gasteiger partial charge in [-0.25, -0.2) is 8.78 Å². The molecule has 0 spiro atoms. The van der Waals surface area contributed by atoms with Gasteiger partial charge in [0.05, 0.1) is 0 Å². The van der Waals surface area contributed by atoms with Crippen LogP contribution in [0.4, 0.5) is 8.78 Å². The average molecular weight is 248 g/mol. The van der Waals surface area contributed by atoms with Crippen molar-refractivity contribution in [3.05, 3.63) is 65.2 Å². The quantitative estimate of drug-likeness (QED) is 0.791.